The number of hydrogen-bond donors (Lipinski definition) is 1. The number of benzene rings is 2. The summed E-state index contributed by atoms with van der Waals surface area (Å²) in [5, 5.41) is 14.1. The molecular weight excluding hydrogens is 376 g/mol. The van der Waals surface area contributed by atoms with Crippen molar-refractivity contribution in [3.63, 3.8) is 0 Å². The van der Waals surface area contributed by atoms with Crippen LogP contribution >= 0.6 is 0 Å². The Hall–Kier alpha value is -2.81. The predicted molar refractivity (Wildman–Crippen MR) is 111 cm³/mol. The highest BCUT2D eigenvalue weighted by molar-refractivity contribution is 5.86. The Balaban J connectivity index is 0.00000132. The lowest BCUT2D eigenvalue weighted by molar-refractivity contribution is -0.384. The molecule has 0 aliphatic rings. The van der Waals surface area contributed by atoms with Crippen molar-refractivity contribution in [2.75, 3.05) is 45.9 Å². The number of carbonyl (C=O) groups is 1. The van der Waals surface area contributed by atoms with Gasteiger partial charge < -0.3 is 19.5 Å². The average molecular weight is 404 g/mol. The van der Waals surface area contributed by atoms with E-state index >= 15 is 0 Å². The number of hydrogen-bond acceptors (Lipinski definition) is 7. The van der Waals surface area contributed by atoms with Crippen LogP contribution in [0.4, 0.5) is 11.4 Å². The summed E-state index contributed by atoms with van der Waals surface area (Å²) in [6.07, 6.45) is 1.17. The van der Waals surface area contributed by atoms with Gasteiger partial charge in [-0.05, 0) is 24.1 Å². The number of nitro groups is 1. The number of rotatable bonds is 12. The zero-order valence-corrected chi connectivity index (χ0v) is 16.8. The molecule has 0 aliphatic heterocycles. The quantitative estimate of drug-likeness (QED) is 0.249. The Morgan fingerprint density at radius 3 is 2.34 bits per heavy atom. The molecular formula is C21H28N2O6. The van der Waals surface area contributed by atoms with Crippen molar-refractivity contribution in [3.8, 4) is 0 Å². The Kier molecular flexibility index (Phi) is 12.7. The summed E-state index contributed by atoms with van der Waals surface area (Å²) in [5.41, 5.74) is 1.33. The topological polar surface area (TPSA) is 99.9 Å². The van der Waals surface area contributed by atoms with E-state index in [1.54, 1.807) is 26.4 Å². The van der Waals surface area contributed by atoms with Gasteiger partial charge in [0, 0.05) is 27.4 Å². The summed E-state index contributed by atoms with van der Waals surface area (Å²) < 4.78 is 15.2. The Bertz CT molecular complexity index is 724. The van der Waals surface area contributed by atoms with Gasteiger partial charge in [0.05, 0.1) is 30.3 Å². The molecule has 0 bridgehead atoms. The highest BCUT2D eigenvalue weighted by atomic mass is 16.6. The van der Waals surface area contributed by atoms with Crippen molar-refractivity contribution in [2.45, 2.75) is 13.0 Å². The number of nitrogens with zero attached hydrogens (tertiary/aromatic N) is 1. The molecule has 2 rings (SSSR count). The lowest BCUT2D eigenvalue weighted by Gasteiger charge is -2.09. The second-order valence-electron chi connectivity index (χ2n) is 5.96. The third kappa shape index (κ3) is 9.79. The van der Waals surface area contributed by atoms with E-state index in [9.17, 15) is 14.9 Å². The van der Waals surface area contributed by atoms with Crippen molar-refractivity contribution in [1.82, 2.24) is 0 Å². The lowest BCUT2D eigenvalue weighted by atomic mass is 10.1. The van der Waals surface area contributed by atoms with E-state index < -0.39 is 4.92 Å². The first-order valence-corrected chi connectivity index (χ1v) is 9.20. The maximum atomic E-state index is 11.1. The Labute approximate surface area is 170 Å². The van der Waals surface area contributed by atoms with Crippen LogP contribution in [0.15, 0.2) is 48.5 Å². The van der Waals surface area contributed by atoms with Gasteiger partial charge >= 0.3 is 5.69 Å². The lowest BCUT2D eigenvalue weighted by Crippen LogP contribution is -2.10. The molecule has 0 heterocycles. The minimum Gasteiger partial charge on any atom is -0.388 e. The van der Waals surface area contributed by atoms with Gasteiger partial charge in [0.25, 0.3) is 0 Å². The summed E-state index contributed by atoms with van der Waals surface area (Å²) >= 11 is 0. The third-order valence-corrected chi connectivity index (χ3v) is 3.64. The molecule has 0 saturated carbocycles. The molecule has 29 heavy (non-hydrogen) atoms. The van der Waals surface area contributed by atoms with Crippen molar-refractivity contribution in [1.29, 1.82) is 0 Å². The number of nitro benzene ring substituents is 1. The van der Waals surface area contributed by atoms with Gasteiger partial charge in [-0.25, -0.2) is 0 Å². The van der Waals surface area contributed by atoms with Crippen molar-refractivity contribution in [2.24, 2.45) is 0 Å². The smallest absolute Gasteiger partial charge is 0.302 e. The van der Waals surface area contributed by atoms with Crippen LogP contribution in [0.25, 0.3) is 0 Å². The summed E-state index contributed by atoms with van der Waals surface area (Å²) in [4.78, 5) is 21.5. The summed E-state index contributed by atoms with van der Waals surface area (Å²) in [7, 11) is 3.25. The number of ether oxygens (including phenoxy) is 3. The first-order chi connectivity index (χ1) is 14.1. The van der Waals surface area contributed by atoms with Crippen LogP contribution < -0.4 is 5.32 Å². The Morgan fingerprint density at radius 2 is 1.69 bits per heavy atom. The van der Waals surface area contributed by atoms with E-state index in [0.717, 1.165) is 5.56 Å². The highest BCUT2D eigenvalue weighted by Crippen LogP contribution is 2.27. The molecule has 0 amide bonds. The van der Waals surface area contributed by atoms with Gasteiger partial charge in [0.2, 0.25) is 0 Å². The first-order valence-electron chi connectivity index (χ1n) is 9.20. The molecule has 0 unspecified atom stereocenters. The van der Waals surface area contributed by atoms with Gasteiger partial charge in [-0.3, -0.25) is 14.9 Å². The second-order valence-corrected chi connectivity index (χ2v) is 5.96. The van der Waals surface area contributed by atoms with Crippen LogP contribution in [0.1, 0.15) is 22.3 Å². The van der Waals surface area contributed by atoms with Crippen molar-refractivity contribution < 1.29 is 23.9 Å². The van der Waals surface area contributed by atoms with E-state index in [-0.39, 0.29) is 11.3 Å². The number of carbonyl (C=O) groups excluding carboxylic acids is 1. The minimum atomic E-state index is -0.549. The molecule has 8 nitrogen and oxygen atoms in total. The molecule has 0 radical (unpaired) electrons. The fourth-order valence-electron chi connectivity index (χ4n) is 2.38. The van der Waals surface area contributed by atoms with Gasteiger partial charge in [0.1, 0.15) is 5.69 Å². The van der Waals surface area contributed by atoms with Gasteiger partial charge in [0.15, 0.2) is 6.29 Å². The van der Waals surface area contributed by atoms with E-state index in [1.807, 2.05) is 30.3 Å². The van der Waals surface area contributed by atoms with Crippen molar-refractivity contribution in [3.05, 3.63) is 69.8 Å². The molecule has 0 saturated heterocycles. The highest BCUT2D eigenvalue weighted by Gasteiger charge is 2.18. The molecule has 158 valence electrons. The number of methoxy groups -OCH3 is 1. The van der Waals surface area contributed by atoms with E-state index in [0.29, 0.717) is 51.4 Å². The number of aldehydes is 1. The summed E-state index contributed by atoms with van der Waals surface area (Å²) in [6.45, 7) is 2.59. The van der Waals surface area contributed by atoms with Crippen LogP contribution in [-0.4, -0.2) is 51.8 Å². The van der Waals surface area contributed by atoms with E-state index in [4.69, 9.17) is 9.47 Å². The second kappa shape index (κ2) is 15.2. The number of anilines is 1. The number of para-hydroxylation sites is 1. The molecule has 0 fully saturated rings. The monoisotopic (exact) mass is 404 g/mol. The van der Waals surface area contributed by atoms with Gasteiger partial charge in [-0.2, -0.15) is 0 Å². The predicted octanol–water partition coefficient (Wildman–Crippen LogP) is 3.71. The average Bonchev–Trinajstić information content (AvgIpc) is 2.73. The van der Waals surface area contributed by atoms with Crippen LogP contribution in [0.2, 0.25) is 0 Å². The minimum absolute atomic E-state index is 0.0619. The SMILES string of the molecule is COC.O=Cc1cccc(NCCCOCCOCc2ccccc2)c1[N+](=O)[O-]. The molecule has 2 aromatic rings. The summed E-state index contributed by atoms with van der Waals surface area (Å²) in [6, 6.07) is 14.5. The maximum Gasteiger partial charge on any atom is 0.302 e. The zero-order valence-electron chi connectivity index (χ0n) is 16.8. The zero-order chi connectivity index (χ0) is 21.3. The maximum absolute atomic E-state index is 11.1. The van der Waals surface area contributed by atoms with Gasteiger partial charge in [-0.15, -0.1) is 0 Å². The van der Waals surface area contributed by atoms with E-state index in [1.165, 1.54) is 6.07 Å². The van der Waals surface area contributed by atoms with Gasteiger partial charge in [-0.1, -0.05) is 36.4 Å². The first kappa shape index (κ1) is 24.2. The third-order valence-electron chi connectivity index (χ3n) is 3.64. The molecule has 1 N–H and O–H groups in total. The summed E-state index contributed by atoms with van der Waals surface area (Å²) in [5.74, 6) is 0. The molecule has 0 atom stereocenters. The molecule has 8 heteroatoms. The number of nitrogens with one attached hydrogen (secondary N) is 1. The standard InChI is InChI=1S/C19H22N2O5.C2H6O/c22-14-17-8-4-9-18(19(17)21(23)24)20-10-5-11-25-12-13-26-15-16-6-2-1-3-7-16;1-3-2/h1-4,6-9,14,20H,5,10-13,15H2;1-2H3. The molecule has 0 spiro atoms. The van der Waals surface area contributed by atoms with Crippen molar-refractivity contribution >= 4 is 17.7 Å². The van der Waals surface area contributed by atoms with Crippen LogP contribution in [0.3, 0.4) is 0 Å². The largest absolute Gasteiger partial charge is 0.388 e. The van der Waals surface area contributed by atoms with Crippen LogP contribution in [-0.2, 0) is 20.8 Å². The van der Waals surface area contributed by atoms with Crippen LogP contribution in [0.5, 0.6) is 0 Å². The van der Waals surface area contributed by atoms with Crippen LogP contribution in [0, 0.1) is 10.1 Å². The molecule has 0 aliphatic carbocycles. The fraction of sp³-hybridized carbons (Fsp3) is 0.381. The fourth-order valence-corrected chi connectivity index (χ4v) is 2.38. The Morgan fingerprint density at radius 1 is 1.00 bits per heavy atom. The normalized spacial score (nSPS) is 10.0. The van der Waals surface area contributed by atoms with E-state index in [2.05, 4.69) is 10.1 Å². The molecule has 0 aromatic heterocycles. The molecule has 2 aromatic carbocycles.